The number of allylic oxidation sites excluding steroid dienone is 28. The highest BCUT2D eigenvalue weighted by Crippen LogP contribution is 2.45. The predicted octanol–water partition coefficient (Wildman–Crippen LogP) is 25.3. The van der Waals surface area contributed by atoms with Crippen molar-refractivity contribution in [3.63, 3.8) is 0 Å². The van der Waals surface area contributed by atoms with E-state index >= 15 is 0 Å². The van der Waals surface area contributed by atoms with Gasteiger partial charge in [-0.2, -0.15) is 0 Å². The SMILES string of the molecule is CC/C=C\C/C=C\C/C=C\C/C=C\C/C=C\CCCCCC(=O)OCC(COP(=O)(O)OCC(O)COP(=O)(O)OCC(COC(=O)CCCCCCCCC/C=C\C/C=C\C/C=C\CC)OC(=O)CCCCCCCCC/C=C\C/C=C\C/C=C\CC)OC(=O)CCCCCCCCC/C=C\C/C=C\C/C=C\CC. The van der Waals surface area contributed by atoms with Gasteiger partial charge in [0.15, 0.2) is 12.2 Å². The number of unbranched alkanes of at least 4 members (excludes halogenated alkanes) is 24. The van der Waals surface area contributed by atoms with Gasteiger partial charge >= 0.3 is 39.5 Å². The molecule has 0 bridgehead atoms. The number of rotatable bonds is 78. The molecule has 110 heavy (non-hydrogen) atoms. The second-order valence-corrected chi connectivity index (χ2v) is 30.5. The number of carbonyl (C=O) groups excluding carboxylic acids is 4. The summed E-state index contributed by atoms with van der Waals surface area (Å²) in [5, 5.41) is 10.7. The third kappa shape index (κ3) is 80.5. The van der Waals surface area contributed by atoms with Gasteiger partial charge in [-0.1, -0.05) is 301 Å². The van der Waals surface area contributed by atoms with Gasteiger partial charge in [-0.3, -0.25) is 37.3 Å². The molecule has 0 saturated carbocycles. The molecule has 0 aliphatic heterocycles. The molecule has 0 radical (unpaired) electrons. The van der Waals surface area contributed by atoms with E-state index in [9.17, 15) is 43.2 Å². The predicted molar refractivity (Wildman–Crippen MR) is 454 cm³/mol. The molecule has 5 unspecified atom stereocenters. The minimum absolute atomic E-state index is 0.0703. The van der Waals surface area contributed by atoms with Crippen molar-refractivity contribution in [2.45, 2.75) is 341 Å². The maximum atomic E-state index is 13.1. The molecule has 0 aliphatic carbocycles. The normalized spacial score (nSPS) is 14.6. The van der Waals surface area contributed by atoms with Crippen LogP contribution in [0.25, 0.3) is 0 Å². The Labute approximate surface area is 667 Å². The molecule has 0 aromatic carbocycles. The van der Waals surface area contributed by atoms with E-state index in [4.69, 9.17) is 37.0 Å². The van der Waals surface area contributed by atoms with E-state index in [0.29, 0.717) is 25.7 Å². The third-order valence-corrected chi connectivity index (χ3v) is 19.1. The van der Waals surface area contributed by atoms with Crippen molar-refractivity contribution in [3.05, 3.63) is 170 Å². The minimum atomic E-state index is -5.00. The quantitative estimate of drug-likeness (QED) is 0.0169. The number of aliphatic hydroxyl groups is 1. The van der Waals surface area contributed by atoms with Gasteiger partial charge < -0.3 is 33.8 Å². The molecule has 3 N–H and O–H groups in total. The summed E-state index contributed by atoms with van der Waals surface area (Å²) in [4.78, 5) is 73.3. The molecule has 19 heteroatoms. The number of carbonyl (C=O) groups is 4. The van der Waals surface area contributed by atoms with E-state index in [0.717, 1.165) is 244 Å². The van der Waals surface area contributed by atoms with Crippen LogP contribution in [0.15, 0.2) is 170 Å². The number of phosphoric ester groups is 2. The van der Waals surface area contributed by atoms with E-state index < -0.39 is 97.5 Å². The molecular weight excluding hydrogens is 1430 g/mol. The Hall–Kier alpha value is -5.58. The summed E-state index contributed by atoms with van der Waals surface area (Å²) in [5.41, 5.74) is 0. The first-order valence-electron chi connectivity index (χ1n) is 42.4. The number of aliphatic hydroxyl groups excluding tert-OH is 1. The Kier molecular flexibility index (Phi) is 77.3. The smallest absolute Gasteiger partial charge is 0.462 e. The van der Waals surface area contributed by atoms with Gasteiger partial charge in [-0.15, -0.1) is 0 Å². The van der Waals surface area contributed by atoms with Crippen LogP contribution in [0.2, 0.25) is 0 Å². The largest absolute Gasteiger partial charge is 0.472 e. The van der Waals surface area contributed by atoms with Gasteiger partial charge in [0, 0.05) is 25.7 Å². The topological polar surface area (TPSA) is 237 Å². The molecule has 0 aromatic heterocycles. The first-order chi connectivity index (χ1) is 53.7. The monoisotopic (exact) mass is 1580 g/mol. The van der Waals surface area contributed by atoms with Crippen LogP contribution in [0, 0.1) is 0 Å². The number of hydrogen-bond donors (Lipinski definition) is 3. The van der Waals surface area contributed by atoms with E-state index in [1.165, 1.54) is 0 Å². The van der Waals surface area contributed by atoms with Crippen molar-refractivity contribution in [1.29, 1.82) is 0 Å². The van der Waals surface area contributed by atoms with E-state index in [-0.39, 0.29) is 25.7 Å². The molecule has 626 valence electrons. The fraction of sp³-hybridized carbons (Fsp3) is 0.648. The van der Waals surface area contributed by atoms with Gasteiger partial charge in [0.2, 0.25) is 0 Å². The molecule has 0 rings (SSSR count). The maximum Gasteiger partial charge on any atom is 0.472 e. The van der Waals surface area contributed by atoms with Crippen LogP contribution in [0.4, 0.5) is 0 Å². The highest BCUT2D eigenvalue weighted by Gasteiger charge is 2.30. The number of phosphoric acid groups is 2. The summed E-state index contributed by atoms with van der Waals surface area (Å²) in [6, 6.07) is 0. The summed E-state index contributed by atoms with van der Waals surface area (Å²) >= 11 is 0. The lowest BCUT2D eigenvalue weighted by atomic mass is 10.1. The molecule has 0 aromatic rings. The highest BCUT2D eigenvalue weighted by molar-refractivity contribution is 7.47. The Bertz CT molecular complexity index is 2750. The average Bonchev–Trinajstić information content (AvgIpc) is 0.906. The van der Waals surface area contributed by atoms with Crippen LogP contribution in [0.1, 0.15) is 323 Å². The lowest BCUT2D eigenvalue weighted by Gasteiger charge is -2.21. The zero-order valence-corrected chi connectivity index (χ0v) is 70.4. The van der Waals surface area contributed by atoms with Gasteiger partial charge in [0.25, 0.3) is 0 Å². The van der Waals surface area contributed by atoms with E-state index in [1.54, 1.807) is 0 Å². The minimum Gasteiger partial charge on any atom is -0.462 e. The van der Waals surface area contributed by atoms with Crippen molar-refractivity contribution >= 4 is 39.5 Å². The fourth-order valence-electron chi connectivity index (χ4n) is 10.9. The Morgan fingerprint density at radius 3 is 0.691 bits per heavy atom. The van der Waals surface area contributed by atoms with E-state index in [2.05, 4.69) is 198 Å². The summed E-state index contributed by atoms with van der Waals surface area (Å²) < 4.78 is 68.8. The second-order valence-electron chi connectivity index (χ2n) is 27.6. The zero-order valence-electron chi connectivity index (χ0n) is 68.6. The standard InChI is InChI=1S/C91H150O17P2/c1-5-9-13-17-21-25-29-33-37-41-42-46-48-52-56-60-64-68-72-76-89(94)102-82-87(108-91(96)78-74-70-66-62-58-54-50-45-40-36-32-28-24-20-16-12-8-4)84-106-110(99,100)104-80-85(92)79-103-109(97,98)105-83-86(107-90(95)77-73-69-65-61-57-53-49-44-39-35-31-27-23-19-15-11-7-3)81-101-88(93)75-71-67-63-59-55-51-47-43-38-34-30-26-22-18-14-10-6-2/h9-16,21-28,33-40,42,46,52,56,85-87,92H,5-8,17-20,29-32,41,43-45,47-51,53-55,57-84H2,1-4H3,(H,97,98)(H,99,100)/b13-9-,14-10-,15-11-,16-12-,25-21-,26-22-,27-23-,28-24-,37-33-,38-34-,39-35-,40-36-,46-42-,56-52-. The van der Waals surface area contributed by atoms with Gasteiger partial charge in [-0.05, 0) is 167 Å². The highest BCUT2D eigenvalue weighted by atomic mass is 31.2. The Balaban J connectivity index is 5.45. The van der Waals surface area contributed by atoms with Crippen molar-refractivity contribution in [2.24, 2.45) is 0 Å². The van der Waals surface area contributed by atoms with Crippen molar-refractivity contribution < 1.29 is 80.2 Å². The molecule has 0 aliphatic rings. The molecule has 0 fully saturated rings. The summed E-state index contributed by atoms with van der Waals surface area (Å²) in [5.74, 6) is -2.25. The van der Waals surface area contributed by atoms with Crippen LogP contribution in [-0.2, 0) is 65.4 Å². The number of hydrogen-bond acceptors (Lipinski definition) is 15. The van der Waals surface area contributed by atoms with Crippen molar-refractivity contribution in [1.82, 2.24) is 0 Å². The lowest BCUT2D eigenvalue weighted by Crippen LogP contribution is -2.30. The second kappa shape index (κ2) is 81.4. The molecule has 0 amide bonds. The summed E-state index contributed by atoms with van der Waals surface area (Å²) in [6.45, 7) is 4.38. The Morgan fingerprint density at radius 2 is 0.445 bits per heavy atom. The first kappa shape index (κ1) is 104. The first-order valence-corrected chi connectivity index (χ1v) is 45.4. The summed E-state index contributed by atoms with van der Waals surface area (Å²) in [7, 11) is -10.00. The number of esters is 4. The molecule has 0 spiro atoms. The van der Waals surface area contributed by atoms with Gasteiger partial charge in [0.05, 0.1) is 26.4 Å². The van der Waals surface area contributed by atoms with E-state index in [1.807, 2.05) is 0 Å². The zero-order chi connectivity index (χ0) is 80.3. The van der Waals surface area contributed by atoms with Crippen molar-refractivity contribution in [2.75, 3.05) is 39.6 Å². The van der Waals surface area contributed by atoms with Crippen LogP contribution in [0.5, 0.6) is 0 Å². The van der Waals surface area contributed by atoms with Crippen LogP contribution >= 0.6 is 15.6 Å². The van der Waals surface area contributed by atoms with Gasteiger partial charge in [-0.25, -0.2) is 9.13 Å². The van der Waals surface area contributed by atoms with Crippen molar-refractivity contribution in [3.8, 4) is 0 Å². The van der Waals surface area contributed by atoms with Gasteiger partial charge in [0.1, 0.15) is 19.3 Å². The third-order valence-electron chi connectivity index (χ3n) is 17.2. The van der Waals surface area contributed by atoms with Crippen LogP contribution in [0.3, 0.4) is 0 Å². The molecule has 17 nitrogen and oxygen atoms in total. The fourth-order valence-corrected chi connectivity index (χ4v) is 12.5. The maximum absolute atomic E-state index is 13.1. The molecule has 0 saturated heterocycles. The number of ether oxygens (including phenoxy) is 4. The van der Waals surface area contributed by atoms with Crippen LogP contribution < -0.4 is 0 Å². The van der Waals surface area contributed by atoms with Crippen LogP contribution in [-0.4, -0.2) is 96.7 Å². The molecule has 5 atom stereocenters. The Morgan fingerprint density at radius 1 is 0.255 bits per heavy atom. The molecule has 0 heterocycles. The summed E-state index contributed by atoms with van der Waals surface area (Å²) in [6.07, 6.45) is 97.4. The molecular formula is C91H150O17P2. The average molecular weight is 1580 g/mol. The lowest BCUT2D eigenvalue weighted by molar-refractivity contribution is -0.161.